The SMILES string of the molecule is Nc1ccc(C(O)CN2CCc3ccc(F)cc32)cc1. The Hall–Kier alpha value is -2.07. The summed E-state index contributed by atoms with van der Waals surface area (Å²) in [7, 11) is 0. The summed E-state index contributed by atoms with van der Waals surface area (Å²) in [5.41, 5.74) is 9.16. The Morgan fingerprint density at radius 3 is 2.70 bits per heavy atom. The molecule has 0 saturated heterocycles. The van der Waals surface area contributed by atoms with Crippen molar-refractivity contribution in [2.75, 3.05) is 23.7 Å². The van der Waals surface area contributed by atoms with Gasteiger partial charge in [0.1, 0.15) is 5.82 Å². The number of hydrogen-bond donors (Lipinski definition) is 2. The third-order valence-electron chi connectivity index (χ3n) is 3.75. The van der Waals surface area contributed by atoms with Crippen LogP contribution in [0.25, 0.3) is 0 Å². The Labute approximate surface area is 117 Å². The molecule has 0 spiro atoms. The molecular formula is C16H17FN2O. The van der Waals surface area contributed by atoms with Crippen molar-refractivity contribution in [3.05, 3.63) is 59.4 Å². The highest BCUT2D eigenvalue weighted by molar-refractivity contribution is 5.58. The normalized spacial score (nSPS) is 15.2. The first kappa shape index (κ1) is 12.9. The number of β-amino-alcohol motifs (C(OH)–C–C–N with tert-alkyl or cyclic N) is 1. The third-order valence-corrected chi connectivity index (χ3v) is 3.75. The highest BCUT2D eigenvalue weighted by atomic mass is 19.1. The molecular weight excluding hydrogens is 255 g/mol. The quantitative estimate of drug-likeness (QED) is 0.844. The van der Waals surface area contributed by atoms with E-state index in [1.54, 1.807) is 12.1 Å². The predicted molar refractivity (Wildman–Crippen MR) is 78.1 cm³/mol. The first-order chi connectivity index (χ1) is 9.63. The lowest BCUT2D eigenvalue weighted by Gasteiger charge is -2.23. The molecule has 1 aliphatic heterocycles. The highest BCUT2D eigenvalue weighted by Crippen LogP contribution is 2.30. The van der Waals surface area contributed by atoms with E-state index in [4.69, 9.17) is 5.73 Å². The summed E-state index contributed by atoms with van der Waals surface area (Å²) < 4.78 is 13.3. The monoisotopic (exact) mass is 272 g/mol. The minimum Gasteiger partial charge on any atom is -0.399 e. The van der Waals surface area contributed by atoms with E-state index in [0.717, 1.165) is 29.8 Å². The van der Waals surface area contributed by atoms with Crippen LogP contribution in [0.3, 0.4) is 0 Å². The molecule has 3 nitrogen and oxygen atoms in total. The summed E-state index contributed by atoms with van der Waals surface area (Å²) in [6.07, 6.45) is 0.286. The summed E-state index contributed by atoms with van der Waals surface area (Å²) in [6.45, 7) is 1.27. The Morgan fingerprint density at radius 2 is 1.95 bits per heavy atom. The lowest BCUT2D eigenvalue weighted by atomic mass is 10.1. The molecule has 0 amide bonds. The molecule has 0 aliphatic carbocycles. The maximum Gasteiger partial charge on any atom is 0.125 e. The van der Waals surface area contributed by atoms with Gasteiger partial charge in [0.05, 0.1) is 6.10 Å². The van der Waals surface area contributed by atoms with Crippen molar-refractivity contribution in [1.82, 2.24) is 0 Å². The van der Waals surface area contributed by atoms with Crippen LogP contribution >= 0.6 is 0 Å². The van der Waals surface area contributed by atoms with Gasteiger partial charge in [-0.25, -0.2) is 4.39 Å². The lowest BCUT2D eigenvalue weighted by Crippen LogP contribution is -2.26. The molecule has 104 valence electrons. The smallest absolute Gasteiger partial charge is 0.125 e. The first-order valence-corrected chi connectivity index (χ1v) is 6.70. The van der Waals surface area contributed by atoms with Crippen molar-refractivity contribution in [2.45, 2.75) is 12.5 Å². The number of anilines is 2. The van der Waals surface area contributed by atoms with Crippen molar-refractivity contribution >= 4 is 11.4 Å². The lowest BCUT2D eigenvalue weighted by molar-refractivity contribution is 0.184. The number of hydrogen-bond acceptors (Lipinski definition) is 3. The number of benzene rings is 2. The van der Waals surface area contributed by atoms with Gasteiger partial charge in [-0.1, -0.05) is 18.2 Å². The van der Waals surface area contributed by atoms with Crippen molar-refractivity contribution in [3.63, 3.8) is 0 Å². The highest BCUT2D eigenvalue weighted by Gasteiger charge is 2.22. The van der Waals surface area contributed by atoms with Crippen LogP contribution in [0, 0.1) is 5.82 Å². The molecule has 1 unspecified atom stereocenters. The number of nitrogens with zero attached hydrogens (tertiary/aromatic N) is 1. The maximum absolute atomic E-state index is 13.3. The van der Waals surface area contributed by atoms with Crippen LogP contribution < -0.4 is 10.6 Å². The summed E-state index contributed by atoms with van der Waals surface area (Å²) >= 11 is 0. The maximum atomic E-state index is 13.3. The van der Waals surface area contributed by atoms with Gasteiger partial charge in [-0.2, -0.15) is 0 Å². The average Bonchev–Trinajstić information content (AvgIpc) is 2.82. The molecule has 0 fully saturated rings. The van der Waals surface area contributed by atoms with E-state index in [9.17, 15) is 9.50 Å². The average molecular weight is 272 g/mol. The van der Waals surface area contributed by atoms with E-state index in [1.807, 2.05) is 23.1 Å². The van der Waals surface area contributed by atoms with Gasteiger partial charge in [-0.05, 0) is 41.8 Å². The molecule has 0 aromatic heterocycles. The van der Waals surface area contributed by atoms with E-state index in [-0.39, 0.29) is 5.82 Å². The number of nitrogens with two attached hydrogens (primary N) is 1. The predicted octanol–water partition coefficient (Wildman–Crippen LogP) is 2.50. The van der Waals surface area contributed by atoms with Crippen LogP contribution in [-0.2, 0) is 6.42 Å². The van der Waals surface area contributed by atoms with E-state index in [0.29, 0.717) is 12.2 Å². The van der Waals surface area contributed by atoms with Gasteiger partial charge in [-0.3, -0.25) is 0 Å². The first-order valence-electron chi connectivity index (χ1n) is 6.70. The fourth-order valence-electron chi connectivity index (χ4n) is 2.64. The molecule has 20 heavy (non-hydrogen) atoms. The van der Waals surface area contributed by atoms with Gasteiger partial charge in [-0.15, -0.1) is 0 Å². The van der Waals surface area contributed by atoms with E-state index in [2.05, 4.69) is 0 Å². The summed E-state index contributed by atoms with van der Waals surface area (Å²) in [5.74, 6) is -0.238. The number of rotatable bonds is 3. The van der Waals surface area contributed by atoms with Crippen LogP contribution in [0.2, 0.25) is 0 Å². The molecule has 0 radical (unpaired) electrons. The van der Waals surface area contributed by atoms with Gasteiger partial charge < -0.3 is 15.7 Å². The largest absolute Gasteiger partial charge is 0.399 e. The van der Waals surface area contributed by atoms with Crippen LogP contribution in [0.15, 0.2) is 42.5 Å². The minimum atomic E-state index is -0.607. The van der Waals surface area contributed by atoms with Crippen molar-refractivity contribution in [2.24, 2.45) is 0 Å². The van der Waals surface area contributed by atoms with E-state index < -0.39 is 6.10 Å². The minimum absolute atomic E-state index is 0.238. The topological polar surface area (TPSA) is 49.5 Å². The van der Waals surface area contributed by atoms with E-state index in [1.165, 1.54) is 12.1 Å². The number of fused-ring (bicyclic) bond motifs is 1. The fraction of sp³-hybridized carbons (Fsp3) is 0.250. The summed E-state index contributed by atoms with van der Waals surface area (Å²) in [4.78, 5) is 2.03. The number of halogens is 1. The van der Waals surface area contributed by atoms with Crippen LogP contribution in [-0.4, -0.2) is 18.2 Å². The number of aliphatic hydroxyl groups is 1. The zero-order chi connectivity index (χ0) is 14.1. The Morgan fingerprint density at radius 1 is 1.20 bits per heavy atom. The molecule has 2 aromatic rings. The second-order valence-electron chi connectivity index (χ2n) is 5.15. The van der Waals surface area contributed by atoms with Crippen molar-refractivity contribution < 1.29 is 9.50 Å². The molecule has 1 atom stereocenters. The third kappa shape index (κ3) is 2.47. The number of nitrogen functional groups attached to an aromatic ring is 1. The summed E-state index contributed by atoms with van der Waals surface area (Å²) in [5, 5.41) is 10.3. The molecule has 4 heteroatoms. The molecule has 3 rings (SSSR count). The van der Waals surface area contributed by atoms with Gasteiger partial charge >= 0.3 is 0 Å². The second-order valence-corrected chi connectivity index (χ2v) is 5.15. The van der Waals surface area contributed by atoms with Crippen molar-refractivity contribution in [3.8, 4) is 0 Å². The van der Waals surface area contributed by atoms with Crippen LogP contribution in [0.4, 0.5) is 15.8 Å². The van der Waals surface area contributed by atoms with Gasteiger partial charge in [0, 0.05) is 24.5 Å². The second kappa shape index (κ2) is 5.13. The number of aliphatic hydroxyl groups excluding tert-OH is 1. The molecule has 3 N–H and O–H groups in total. The van der Waals surface area contributed by atoms with Gasteiger partial charge in [0.25, 0.3) is 0 Å². The molecule has 2 aromatic carbocycles. The van der Waals surface area contributed by atoms with E-state index >= 15 is 0 Å². The van der Waals surface area contributed by atoms with Crippen LogP contribution in [0.1, 0.15) is 17.2 Å². The van der Waals surface area contributed by atoms with Gasteiger partial charge in [0.2, 0.25) is 0 Å². The Kier molecular flexibility index (Phi) is 3.32. The zero-order valence-corrected chi connectivity index (χ0v) is 11.1. The molecule has 0 bridgehead atoms. The van der Waals surface area contributed by atoms with Crippen molar-refractivity contribution in [1.29, 1.82) is 0 Å². The standard InChI is InChI=1S/C16H17FN2O/c17-13-4-1-11-7-8-19(15(11)9-13)10-16(20)12-2-5-14(18)6-3-12/h1-6,9,16,20H,7-8,10,18H2. The molecule has 1 aliphatic rings. The zero-order valence-electron chi connectivity index (χ0n) is 11.1. The molecule has 1 heterocycles. The summed E-state index contributed by atoms with van der Waals surface area (Å²) in [6, 6.07) is 12.0. The molecule has 0 saturated carbocycles. The van der Waals surface area contributed by atoms with Gasteiger partial charge in [0.15, 0.2) is 0 Å². The fourth-order valence-corrected chi connectivity index (χ4v) is 2.64. The van der Waals surface area contributed by atoms with Crippen LogP contribution in [0.5, 0.6) is 0 Å². The Bertz CT molecular complexity index is 612. The Balaban J connectivity index is 1.76.